The lowest BCUT2D eigenvalue weighted by molar-refractivity contribution is -0.137. The van der Waals surface area contributed by atoms with E-state index in [2.05, 4.69) is 17.2 Å². The number of oxazole rings is 1. The maximum Gasteiger partial charge on any atom is 0.289 e. The maximum atomic E-state index is 12.7. The predicted molar refractivity (Wildman–Crippen MR) is 100 cm³/mol. The first-order valence-corrected chi connectivity index (χ1v) is 9.07. The van der Waals surface area contributed by atoms with Crippen LogP contribution in [0.4, 0.5) is 0 Å². The van der Waals surface area contributed by atoms with Gasteiger partial charge in [0.1, 0.15) is 6.04 Å². The van der Waals surface area contributed by atoms with E-state index in [1.165, 1.54) is 0 Å². The van der Waals surface area contributed by atoms with Crippen molar-refractivity contribution in [2.45, 2.75) is 52.0 Å². The van der Waals surface area contributed by atoms with Crippen molar-refractivity contribution < 1.29 is 18.8 Å². The third-order valence-corrected chi connectivity index (χ3v) is 4.17. The number of carbonyl (C=O) groups is 3. The molecule has 0 aliphatic rings. The van der Waals surface area contributed by atoms with Gasteiger partial charge in [-0.1, -0.05) is 50.1 Å². The molecule has 0 saturated carbocycles. The molecule has 0 unspecified atom stereocenters. The largest absolute Gasteiger partial charge is 0.436 e. The van der Waals surface area contributed by atoms with Crippen LogP contribution in [0.25, 0.3) is 0 Å². The number of benzene rings is 1. The van der Waals surface area contributed by atoms with Gasteiger partial charge in [0.25, 0.3) is 11.8 Å². The summed E-state index contributed by atoms with van der Waals surface area (Å²) in [5.41, 5.74) is 6.50. The molecule has 0 aliphatic heterocycles. The molecule has 1 heterocycles. The molecule has 7 nitrogen and oxygen atoms in total. The number of ketones is 1. The van der Waals surface area contributed by atoms with Gasteiger partial charge >= 0.3 is 0 Å². The quantitative estimate of drug-likeness (QED) is 0.490. The standard InChI is InChI=1S/C20H25N3O4/c1-3-4-6-11-15-18(27-13(2)22-15)20(26)23-16(17(24)19(21)25)12-14-9-7-5-8-10-14/h5,7-10,16H,3-4,6,11-12H2,1-2H3,(H2,21,25)(H,23,26)/t16-/m0/s1. The summed E-state index contributed by atoms with van der Waals surface area (Å²) in [4.78, 5) is 40.5. The number of aryl methyl sites for hydroxylation is 2. The van der Waals surface area contributed by atoms with Gasteiger partial charge in [0.05, 0.1) is 5.69 Å². The molecule has 0 aliphatic carbocycles. The van der Waals surface area contributed by atoms with Crippen molar-refractivity contribution in [3.8, 4) is 0 Å². The molecule has 144 valence electrons. The molecule has 0 bridgehead atoms. The molecule has 1 atom stereocenters. The first-order valence-electron chi connectivity index (χ1n) is 9.07. The molecule has 2 rings (SSSR count). The molecule has 27 heavy (non-hydrogen) atoms. The first-order chi connectivity index (χ1) is 12.9. The van der Waals surface area contributed by atoms with Gasteiger partial charge in [0, 0.05) is 13.3 Å². The molecule has 2 amide bonds. The van der Waals surface area contributed by atoms with Gasteiger partial charge in [-0.15, -0.1) is 0 Å². The van der Waals surface area contributed by atoms with E-state index in [1.807, 2.05) is 30.3 Å². The Kier molecular flexibility index (Phi) is 7.28. The van der Waals surface area contributed by atoms with Crippen LogP contribution < -0.4 is 11.1 Å². The topological polar surface area (TPSA) is 115 Å². The molecular formula is C20H25N3O4. The van der Waals surface area contributed by atoms with Crippen molar-refractivity contribution in [2.75, 3.05) is 0 Å². The minimum atomic E-state index is -1.09. The summed E-state index contributed by atoms with van der Waals surface area (Å²) in [6, 6.07) is 8.02. The van der Waals surface area contributed by atoms with Gasteiger partial charge in [-0.25, -0.2) is 4.98 Å². The molecule has 0 fully saturated rings. The molecular weight excluding hydrogens is 346 g/mol. The number of amides is 2. The smallest absolute Gasteiger partial charge is 0.289 e. The van der Waals surface area contributed by atoms with Gasteiger partial charge in [-0.05, 0) is 18.4 Å². The number of hydrogen-bond acceptors (Lipinski definition) is 5. The normalized spacial score (nSPS) is 11.8. The van der Waals surface area contributed by atoms with Crippen molar-refractivity contribution >= 4 is 17.6 Å². The Morgan fingerprint density at radius 2 is 1.89 bits per heavy atom. The highest BCUT2D eigenvalue weighted by Gasteiger charge is 2.28. The van der Waals surface area contributed by atoms with Crippen LogP contribution in [0.15, 0.2) is 34.7 Å². The second-order valence-corrected chi connectivity index (χ2v) is 6.41. The summed E-state index contributed by atoms with van der Waals surface area (Å²) in [5, 5.41) is 2.58. The van der Waals surface area contributed by atoms with Gasteiger partial charge in [0.15, 0.2) is 5.89 Å². The van der Waals surface area contributed by atoms with Gasteiger partial charge in [-0.3, -0.25) is 14.4 Å². The Balaban J connectivity index is 2.18. The number of rotatable bonds is 10. The number of hydrogen-bond donors (Lipinski definition) is 2. The zero-order valence-electron chi connectivity index (χ0n) is 15.7. The Morgan fingerprint density at radius 1 is 1.19 bits per heavy atom. The lowest BCUT2D eigenvalue weighted by Gasteiger charge is -2.16. The summed E-state index contributed by atoms with van der Waals surface area (Å²) in [5.74, 6) is -2.05. The molecule has 1 aromatic heterocycles. The zero-order valence-corrected chi connectivity index (χ0v) is 15.7. The summed E-state index contributed by atoms with van der Waals surface area (Å²) in [7, 11) is 0. The highest BCUT2D eigenvalue weighted by atomic mass is 16.4. The van der Waals surface area contributed by atoms with E-state index in [-0.39, 0.29) is 12.2 Å². The predicted octanol–water partition coefficient (Wildman–Crippen LogP) is 2.11. The fraction of sp³-hybridized carbons (Fsp3) is 0.400. The van der Waals surface area contributed by atoms with Crippen LogP contribution in [0.3, 0.4) is 0 Å². The Morgan fingerprint density at radius 3 is 2.52 bits per heavy atom. The van der Waals surface area contributed by atoms with Gasteiger partial charge in [-0.2, -0.15) is 0 Å². The highest BCUT2D eigenvalue weighted by molar-refractivity contribution is 6.38. The van der Waals surface area contributed by atoms with Crippen LogP contribution in [0.5, 0.6) is 0 Å². The third kappa shape index (κ3) is 5.77. The molecule has 3 N–H and O–H groups in total. The number of nitrogens with zero attached hydrogens (tertiary/aromatic N) is 1. The van der Waals surface area contributed by atoms with Gasteiger partial charge in [0.2, 0.25) is 11.5 Å². The summed E-state index contributed by atoms with van der Waals surface area (Å²) in [6.07, 6.45) is 3.72. The molecule has 1 aromatic carbocycles. The van der Waals surface area contributed by atoms with Crippen molar-refractivity contribution in [1.82, 2.24) is 10.3 Å². The first kappa shape index (κ1) is 20.4. The van der Waals surface area contributed by atoms with Crippen LogP contribution in [-0.2, 0) is 22.4 Å². The maximum absolute atomic E-state index is 12.7. The number of nitrogens with one attached hydrogen (secondary N) is 1. The molecule has 0 saturated heterocycles. The number of primary amides is 1. The third-order valence-electron chi connectivity index (χ3n) is 4.17. The van der Waals surface area contributed by atoms with Crippen LogP contribution >= 0.6 is 0 Å². The number of carbonyl (C=O) groups excluding carboxylic acids is 3. The van der Waals surface area contributed by atoms with E-state index in [4.69, 9.17) is 10.2 Å². The van der Waals surface area contributed by atoms with Crippen LogP contribution in [0.2, 0.25) is 0 Å². The van der Waals surface area contributed by atoms with Crippen molar-refractivity contribution in [3.05, 3.63) is 53.2 Å². The van der Waals surface area contributed by atoms with Crippen molar-refractivity contribution in [3.63, 3.8) is 0 Å². The molecule has 7 heteroatoms. The highest BCUT2D eigenvalue weighted by Crippen LogP contribution is 2.15. The van der Waals surface area contributed by atoms with Crippen molar-refractivity contribution in [2.24, 2.45) is 5.73 Å². The Bertz CT molecular complexity index is 799. The average molecular weight is 371 g/mol. The molecule has 0 spiro atoms. The van der Waals surface area contributed by atoms with E-state index in [0.717, 1.165) is 24.8 Å². The van der Waals surface area contributed by atoms with Crippen LogP contribution in [-0.4, -0.2) is 28.6 Å². The fourth-order valence-electron chi connectivity index (χ4n) is 2.81. The second kappa shape index (κ2) is 9.66. The fourth-order valence-corrected chi connectivity index (χ4v) is 2.81. The minimum Gasteiger partial charge on any atom is -0.436 e. The number of Topliss-reactive ketones (excluding diaryl/α,β-unsaturated/α-hetero) is 1. The second-order valence-electron chi connectivity index (χ2n) is 6.41. The van der Waals surface area contributed by atoms with E-state index < -0.39 is 23.6 Å². The lowest BCUT2D eigenvalue weighted by atomic mass is 10.0. The SMILES string of the molecule is CCCCCc1nc(C)oc1C(=O)N[C@@H](Cc1ccccc1)C(=O)C(N)=O. The summed E-state index contributed by atoms with van der Waals surface area (Å²) in [6.45, 7) is 3.75. The number of aromatic nitrogens is 1. The zero-order chi connectivity index (χ0) is 19.8. The van der Waals surface area contributed by atoms with E-state index >= 15 is 0 Å². The lowest BCUT2D eigenvalue weighted by Crippen LogP contribution is -2.47. The van der Waals surface area contributed by atoms with Crippen LogP contribution in [0, 0.1) is 6.92 Å². The van der Waals surface area contributed by atoms with Crippen LogP contribution in [0.1, 0.15) is 53.9 Å². The minimum absolute atomic E-state index is 0.0823. The van der Waals surface area contributed by atoms with Crippen molar-refractivity contribution in [1.29, 1.82) is 0 Å². The molecule has 2 aromatic rings. The number of nitrogens with two attached hydrogens (primary N) is 1. The molecule has 0 radical (unpaired) electrons. The van der Waals surface area contributed by atoms with Gasteiger partial charge < -0.3 is 15.5 Å². The monoisotopic (exact) mass is 371 g/mol. The number of unbranched alkanes of at least 4 members (excludes halogenated alkanes) is 2. The van der Waals surface area contributed by atoms with E-state index in [1.54, 1.807) is 6.92 Å². The Labute approximate surface area is 158 Å². The van der Waals surface area contributed by atoms with E-state index in [9.17, 15) is 14.4 Å². The average Bonchev–Trinajstić information content (AvgIpc) is 3.02. The summed E-state index contributed by atoms with van der Waals surface area (Å²) >= 11 is 0. The van der Waals surface area contributed by atoms with E-state index in [0.29, 0.717) is 18.0 Å². The Hall–Kier alpha value is -2.96. The summed E-state index contributed by atoms with van der Waals surface area (Å²) < 4.78 is 5.45.